The highest BCUT2D eigenvalue weighted by Crippen LogP contribution is 2.54. The molecule has 0 radical (unpaired) electrons. The molecular formula is C14H15FO2. The van der Waals surface area contributed by atoms with E-state index in [0.717, 1.165) is 36.8 Å². The van der Waals surface area contributed by atoms with Crippen molar-refractivity contribution in [2.24, 2.45) is 5.92 Å². The Morgan fingerprint density at radius 2 is 2.18 bits per heavy atom. The van der Waals surface area contributed by atoms with Crippen LogP contribution in [0.4, 0.5) is 4.39 Å². The van der Waals surface area contributed by atoms with Crippen molar-refractivity contribution in [2.75, 3.05) is 0 Å². The van der Waals surface area contributed by atoms with E-state index in [0.29, 0.717) is 6.42 Å². The van der Waals surface area contributed by atoms with Gasteiger partial charge in [-0.2, -0.15) is 0 Å². The minimum Gasteiger partial charge on any atom is -0.481 e. The van der Waals surface area contributed by atoms with E-state index < -0.39 is 5.97 Å². The van der Waals surface area contributed by atoms with Crippen LogP contribution in [-0.2, 0) is 16.6 Å². The van der Waals surface area contributed by atoms with Crippen molar-refractivity contribution >= 4 is 5.97 Å². The van der Waals surface area contributed by atoms with Gasteiger partial charge in [0.2, 0.25) is 0 Å². The van der Waals surface area contributed by atoms with E-state index >= 15 is 0 Å². The lowest BCUT2D eigenvalue weighted by Crippen LogP contribution is -2.48. The van der Waals surface area contributed by atoms with Gasteiger partial charge in [0, 0.05) is 5.41 Å². The zero-order chi connectivity index (χ0) is 12.0. The van der Waals surface area contributed by atoms with Crippen LogP contribution >= 0.6 is 0 Å². The van der Waals surface area contributed by atoms with Gasteiger partial charge in [-0.15, -0.1) is 0 Å². The Labute approximate surface area is 99.5 Å². The number of aryl methyl sites for hydroxylation is 1. The first-order chi connectivity index (χ1) is 8.13. The number of rotatable bonds is 1. The van der Waals surface area contributed by atoms with E-state index in [-0.39, 0.29) is 17.2 Å². The Hall–Kier alpha value is -1.38. The van der Waals surface area contributed by atoms with Crippen molar-refractivity contribution in [1.82, 2.24) is 0 Å². The molecule has 3 heteroatoms. The summed E-state index contributed by atoms with van der Waals surface area (Å²) in [6, 6.07) is 4.86. The van der Waals surface area contributed by atoms with Crippen molar-refractivity contribution in [2.45, 2.75) is 37.5 Å². The fourth-order valence-corrected chi connectivity index (χ4v) is 3.53. The summed E-state index contributed by atoms with van der Waals surface area (Å²) < 4.78 is 13.4. The number of benzene rings is 1. The van der Waals surface area contributed by atoms with Gasteiger partial charge in [0.25, 0.3) is 0 Å². The van der Waals surface area contributed by atoms with Crippen molar-refractivity contribution in [3.05, 3.63) is 35.1 Å². The molecule has 0 heterocycles. The molecular weight excluding hydrogens is 219 g/mol. The van der Waals surface area contributed by atoms with Crippen LogP contribution in [0.25, 0.3) is 0 Å². The van der Waals surface area contributed by atoms with Gasteiger partial charge in [-0.3, -0.25) is 4.79 Å². The molecule has 2 aliphatic rings. The molecule has 3 rings (SSSR count). The zero-order valence-corrected chi connectivity index (χ0v) is 9.58. The summed E-state index contributed by atoms with van der Waals surface area (Å²) in [6.45, 7) is 0. The molecule has 2 nitrogen and oxygen atoms in total. The number of hydrogen-bond donors (Lipinski definition) is 1. The van der Waals surface area contributed by atoms with Crippen LogP contribution in [0.1, 0.15) is 36.8 Å². The SMILES string of the molecule is O=C(O)C1CCc2ccc(F)cc2C12CCC2. The first-order valence-corrected chi connectivity index (χ1v) is 6.15. The third-order valence-corrected chi connectivity index (χ3v) is 4.52. The highest BCUT2D eigenvalue weighted by Gasteiger charge is 2.51. The average Bonchev–Trinajstić information content (AvgIpc) is 2.24. The Balaban J connectivity index is 2.12. The summed E-state index contributed by atoms with van der Waals surface area (Å²) in [5.74, 6) is -1.30. The minimum atomic E-state index is -0.723. The first-order valence-electron chi connectivity index (χ1n) is 6.15. The van der Waals surface area contributed by atoms with E-state index in [2.05, 4.69) is 0 Å². The molecule has 1 aromatic carbocycles. The van der Waals surface area contributed by atoms with Crippen LogP contribution in [-0.4, -0.2) is 11.1 Å². The lowest BCUT2D eigenvalue weighted by Gasteiger charge is -2.50. The van der Waals surface area contributed by atoms with Crippen LogP contribution in [0.5, 0.6) is 0 Å². The van der Waals surface area contributed by atoms with Crippen LogP contribution < -0.4 is 0 Å². The van der Waals surface area contributed by atoms with Gasteiger partial charge in [0.05, 0.1) is 5.92 Å². The van der Waals surface area contributed by atoms with E-state index in [1.54, 1.807) is 6.07 Å². The standard InChI is InChI=1S/C14H15FO2/c15-10-4-2-9-3-5-11(13(16)17)14(6-1-7-14)12(9)8-10/h2,4,8,11H,1,3,5-7H2,(H,16,17). The average molecular weight is 234 g/mol. The van der Waals surface area contributed by atoms with E-state index in [4.69, 9.17) is 0 Å². The smallest absolute Gasteiger partial charge is 0.307 e. The van der Waals surface area contributed by atoms with Gasteiger partial charge < -0.3 is 5.11 Å². The van der Waals surface area contributed by atoms with Gasteiger partial charge >= 0.3 is 5.97 Å². The molecule has 1 unspecified atom stereocenters. The normalized spacial score (nSPS) is 25.1. The number of fused-ring (bicyclic) bond motifs is 2. The molecule has 1 N–H and O–H groups in total. The summed E-state index contributed by atoms with van der Waals surface area (Å²) >= 11 is 0. The van der Waals surface area contributed by atoms with Crippen LogP contribution in [0, 0.1) is 11.7 Å². The molecule has 1 fully saturated rings. The predicted molar refractivity (Wildman–Crippen MR) is 61.4 cm³/mol. The number of hydrogen-bond acceptors (Lipinski definition) is 1. The van der Waals surface area contributed by atoms with Crippen molar-refractivity contribution in [3.8, 4) is 0 Å². The Morgan fingerprint density at radius 3 is 2.76 bits per heavy atom. The first kappa shape index (κ1) is 10.8. The summed E-state index contributed by atoms with van der Waals surface area (Å²) in [4.78, 5) is 11.4. The molecule has 0 amide bonds. The highest BCUT2D eigenvalue weighted by molar-refractivity contribution is 5.74. The second kappa shape index (κ2) is 3.56. The maximum atomic E-state index is 13.4. The Bertz CT molecular complexity index is 477. The Morgan fingerprint density at radius 1 is 1.41 bits per heavy atom. The largest absolute Gasteiger partial charge is 0.481 e. The van der Waals surface area contributed by atoms with E-state index in [1.165, 1.54) is 6.07 Å². The fourth-order valence-electron chi connectivity index (χ4n) is 3.53. The van der Waals surface area contributed by atoms with Gasteiger partial charge in [-0.1, -0.05) is 12.5 Å². The van der Waals surface area contributed by atoms with Gasteiger partial charge in [-0.25, -0.2) is 4.39 Å². The number of halogens is 1. The fraction of sp³-hybridized carbons (Fsp3) is 0.500. The zero-order valence-electron chi connectivity index (χ0n) is 9.58. The van der Waals surface area contributed by atoms with E-state index in [1.807, 2.05) is 6.07 Å². The van der Waals surface area contributed by atoms with Gasteiger partial charge in [0.1, 0.15) is 5.82 Å². The number of carbonyl (C=O) groups is 1. The maximum absolute atomic E-state index is 13.4. The number of aliphatic carboxylic acids is 1. The van der Waals surface area contributed by atoms with Crippen molar-refractivity contribution < 1.29 is 14.3 Å². The van der Waals surface area contributed by atoms with Crippen molar-refractivity contribution in [1.29, 1.82) is 0 Å². The van der Waals surface area contributed by atoms with Crippen molar-refractivity contribution in [3.63, 3.8) is 0 Å². The van der Waals surface area contributed by atoms with E-state index in [9.17, 15) is 14.3 Å². The summed E-state index contributed by atoms with van der Waals surface area (Å²) in [5, 5.41) is 9.34. The number of carboxylic acid groups (broad SMARTS) is 1. The maximum Gasteiger partial charge on any atom is 0.307 e. The van der Waals surface area contributed by atoms with Crippen LogP contribution in [0.2, 0.25) is 0 Å². The highest BCUT2D eigenvalue weighted by atomic mass is 19.1. The van der Waals surface area contributed by atoms with Gasteiger partial charge in [0.15, 0.2) is 0 Å². The number of carboxylic acids is 1. The summed E-state index contributed by atoms with van der Waals surface area (Å²) in [7, 11) is 0. The molecule has 1 aromatic rings. The summed E-state index contributed by atoms with van der Waals surface area (Å²) in [5.41, 5.74) is 1.83. The molecule has 1 saturated carbocycles. The third-order valence-electron chi connectivity index (χ3n) is 4.52. The molecule has 0 saturated heterocycles. The topological polar surface area (TPSA) is 37.3 Å². The minimum absolute atomic E-state index is 0.249. The predicted octanol–water partition coefficient (Wildman–Crippen LogP) is 2.89. The second-order valence-electron chi connectivity index (χ2n) is 5.24. The molecule has 0 bridgehead atoms. The summed E-state index contributed by atoms with van der Waals surface area (Å²) in [6.07, 6.45) is 4.28. The van der Waals surface area contributed by atoms with Crippen LogP contribution in [0.3, 0.4) is 0 Å². The molecule has 0 aliphatic heterocycles. The monoisotopic (exact) mass is 234 g/mol. The third kappa shape index (κ3) is 1.41. The lowest BCUT2D eigenvalue weighted by molar-refractivity contribution is -0.147. The molecule has 17 heavy (non-hydrogen) atoms. The Kier molecular flexibility index (Phi) is 2.25. The molecule has 1 atom stereocenters. The molecule has 1 spiro atoms. The quantitative estimate of drug-likeness (QED) is 0.811. The molecule has 0 aromatic heterocycles. The second-order valence-corrected chi connectivity index (χ2v) is 5.24. The van der Waals surface area contributed by atoms with Gasteiger partial charge in [-0.05, 0) is 48.9 Å². The lowest BCUT2D eigenvalue weighted by atomic mass is 9.53. The van der Waals surface area contributed by atoms with Crippen LogP contribution in [0.15, 0.2) is 18.2 Å². The molecule has 2 aliphatic carbocycles. The molecule has 90 valence electrons.